The van der Waals surface area contributed by atoms with Gasteiger partial charge in [0.2, 0.25) is 0 Å². The Bertz CT molecular complexity index is 537. The molecule has 2 aromatic rings. The summed E-state index contributed by atoms with van der Waals surface area (Å²) in [6, 6.07) is 11.0. The second-order valence-corrected chi connectivity index (χ2v) is 4.58. The summed E-state index contributed by atoms with van der Waals surface area (Å²) in [5.41, 5.74) is 0.314. The molecule has 1 atom stereocenters. The zero-order chi connectivity index (χ0) is 11.5. The smallest absolute Gasteiger partial charge is 0.335 e. The summed E-state index contributed by atoms with van der Waals surface area (Å²) >= 11 is 0. The van der Waals surface area contributed by atoms with Crippen LogP contribution in [0, 0.1) is 0 Å². The topological polar surface area (TPSA) is 46.5 Å². The average Bonchev–Trinajstić information content (AvgIpc) is 2.28. The first kappa shape index (κ1) is 11.1. The molecule has 1 unspecified atom stereocenters. The Hall–Kier alpha value is -1.44. The maximum atomic E-state index is 10.8. The Kier molecular flexibility index (Phi) is 3.18. The summed E-state index contributed by atoms with van der Waals surface area (Å²) in [5.74, 6) is -0.898. The first-order valence-corrected chi connectivity index (χ1v) is 5.67. The first-order valence-electron chi connectivity index (χ1n) is 4.77. The van der Waals surface area contributed by atoms with Gasteiger partial charge in [-0.15, -0.1) is 0 Å². The van der Waals surface area contributed by atoms with Crippen molar-refractivity contribution in [2.24, 2.45) is 0 Å². The fourth-order valence-electron chi connectivity index (χ4n) is 1.56. The van der Waals surface area contributed by atoms with Gasteiger partial charge in [-0.25, -0.2) is 4.79 Å². The molecule has 0 radical (unpaired) electrons. The lowest BCUT2D eigenvalue weighted by molar-refractivity contribution is 0.0697. The molecule has 1 N–H and O–H groups in total. The van der Waals surface area contributed by atoms with Gasteiger partial charge in [0.05, 0.1) is 5.56 Å². The Morgan fingerprint density at radius 3 is 2.56 bits per heavy atom. The molecule has 82 valence electrons. The third kappa shape index (κ3) is 2.21. The van der Waals surface area contributed by atoms with E-state index in [2.05, 4.69) is 0 Å². The van der Waals surface area contributed by atoms with Crippen molar-refractivity contribution in [2.75, 3.05) is 7.11 Å². The van der Waals surface area contributed by atoms with Crippen molar-refractivity contribution in [3.63, 3.8) is 0 Å². The monoisotopic (exact) mass is 234 g/mol. The highest BCUT2D eigenvalue weighted by molar-refractivity contribution is 7.41. The van der Waals surface area contributed by atoms with Gasteiger partial charge in [-0.05, 0) is 29.0 Å². The van der Waals surface area contributed by atoms with Crippen LogP contribution in [0.2, 0.25) is 0 Å². The Morgan fingerprint density at radius 2 is 1.88 bits per heavy atom. The number of aromatic carboxylic acids is 1. The minimum atomic E-state index is -0.898. The molecule has 0 saturated carbocycles. The molecule has 0 bridgehead atoms. The second-order valence-electron chi connectivity index (χ2n) is 3.39. The van der Waals surface area contributed by atoms with E-state index in [0.29, 0.717) is 14.4 Å². The third-order valence-corrected chi connectivity index (χ3v) is 3.06. The summed E-state index contributed by atoms with van der Waals surface area (Å²) in [4.78, 5) is 10.8. The molecule has 0 aromatic heterocycles. The predicted octanol–water partition coefficient (Wildman–Crippen LogP) is 2.40. The van der Waals surface area contributed by atoms with Crippen molar-refractivity contribution in [3.05, 3.63) is 42.0 Å². The molecule has 0 spiro atoms. The fraction of sp³-hybridized carbons (Fsp3) is 0.0833. The highest BCUT2D eigenvalue weighted by Crippen LogP contribution is 2.18. The van der Waals surface area contributed by atoms with Crippen LogP contribution in [0.4, 0.5) is 0 Å². The minimum absolute atomic E-state index is 0.314. The summed E-state index contributed by atoms with van der Waals surface area (Å²) < 4.78 is 5.07. The van der Waals surface area contributed by atoms with E-state index < -0.39 is 5.97 Å². The quantitative estimate of drug-likeness (QED) is 0.829. The zero-order valence-electron chi connectivity index (χ0n) is 8.73. The number of carbonyl (C=O) groups is 1. The summed E-state index contributed by atoms with van der Waals surface area (Å²) in [6.07, 6.45) is 0. The summed E-state index contributed by atoms with van der Waals surface area (Å²) in [6.45, 7) is 0. The van der Waals surface area contributed by atoms with E-state index in [1.807, 2.05) is 24.3 Å². The van der Waals surface area contributed by atoms with E-state index in [1.54, 1.807) is 19.2 Å². The number of rotatable bonds is 3. The molecule has 3 nitrogen and oxygen atoms in total. The second kappa shape index (κ2) is 4.60. The van der Waals surface area contributed by atoms with E-state index in [0.717, 1.165) is 16.1 Å². The molecule has 0 fully saturated rings. The van der Waals surface area contributed by atoms with Crippen LogP contribution in [0.15, 0.2) is 36.4 Å². The first-order chi connectivity index (χ1) is 7.70. The molecule has 16 heavy (non-hydrogen) atoms. The van der Waals surface area contributed by atoms with Crippen molar-refractivity contribution < 1.29 is 14.4 Å². The standard InChI is InChI=1S/C12H11O3P/c1-15-16-11-5-4-8-6-10(12(13)14)3-2-9(8)7-11/h2-7,16H,1H3,(H,13,14). The fourth-order valence-corrected chi connectivity index (χ4v) is 2.16. The van der Waals surface area contributed by atoms with Crippen LogP contribution >= 0.6 is 8.81 Å². The van der Waals surface area contributed by atoms with Crippen LogP contribution in [0.3, 0.4) is 0 Å². The average molecular weight is 234 g/mol. The van der Waals surface area contributed by atoms with Gasteiger partial charge in [0, 0.05) is 21.2 Å². The van der Waals surface area contributed by atoms with Gasteiger partial charge in [-0.2, -0.15) is 0 Å². The lowest BCUT2D eigenvalue weighted by Gasteiger charge is -2.03. The SMILES string of the molecule is COPc1ccc2cc(C(=O)O)ccc2c1. The van der Waals surface area contributed by atoms with E-state index in [1.165, 1.54) is 0 Å². The number of hydrogen-bond donors (Lipinski definition) is 1. The van der Waals surface area contributed by atoms with Gasteiger partial charge < -0.3 is 9.63 Å². The van der Waals surface area contributed by atoms with E-state index in [9.17, 15) is 4.79 Å². The van der Waals surface area contributed by atoms with Crippen LogP contribution in [0.25, 0.3) is 10.8 Å². The van der Waals surface area contributed by atoms with Crippen LogP contribution in [-0.2, 0) is 4.52 Å². The summed E-state index contributed by atoms with van der Waals surface area (Å²) in [5, 5.41) is 11.9. The van der Waals surface area contributed by atoms with Gasteiger partial charge in [-0.1, -0.05) is 18.2 Å². The van der Waals surface area contributed by atoms with Gasteiger partial charge in [0.25, 0.3) is 0 Å². The molecule has 0 aliphatic carbocycles. The molecule has 4 heteroatoms. The number of carboxylic acids is 1. The van der Waals surface area contributed by atoms with Gasteiger partial charge in [0.15, 0.2) is 0 Å². The minimum Gasteiger partial charge on any atom is -0.478 e. The Balaban J connectivity index is 2.48. The third-order valence-electron chi connectivity index (χ3n) is 2.31. The molecule has 0 aliphatic heterocycles. The molecule has 0 amide bonds. The molecular formula is C12H11O3P. The highest BCUT2D eigenvalue weighted by atomic mass is 31.1. The predicted molar refractivity (Wildman–Crippen MR) is 65.9 cm³/mol. The van der Waals surface area contributed by atoms with Crippen molar-refractivity contribution >= 4 is 30.9 Å². The summed E-state index contributed by atoms with van der Waals surface area (Å²) in [7, 11) is 1.99. The van der Waals surface area contributed by atoms with E-state index in [-0.39, 0.29) is 0 Å². The lowest BCUT2D eigenvalue weighted by Crippen LogP contribution is -1.97. The Morgan fingerprint density at radius 1 is 1.19 bits per heavy atom. The van der Waals surface area contributed by atoms with Gasteiger partial charge in [-0.3, -0.25) is 0 Å². The van der Waals surface area contributed by atoms with E-state index >= 15 is 0 Å². The maximum Gasteiger partial charge on any atom is 0.335 e. The van der Waals surface area contributed by atoms with Crippen LogP contribution in [0.1, 0.15) is 10.4 Å². The molecule has 0 aliphatic rings. The van der Waals surface area contributed by atoms with Crippen LogP contribution in [0.5, 0.6) is 0 Å². The van der Waals surface area contributed by atoms with E-state index in [4.69, 9.17) is 9.63 Å². The number of hydrogen-bond acceptors (Lipinski definition) is 2. The van der Waals surface area contributed by atoms with Crippen molar-refractivity contribution in [3.8, 4) is 0 Å². The zero-order valence-corrected chi connectivity index (χ0v) is 9.73. The van der Waals surface area contributed by atoms with Crippen LogP contribution < -0.4 is 5.30 Å². The molecule has 2 aromatic carbocycles. The molecule has 0 heterocycles. The van der Waals surface area contributed by atoms with Crippen molar-refractivity contribution in [2.45, 2.75) is 0 Å². The Labute approximate surface area is 94.9 Å². The van der Waals surface area contributed by atoms with Crippen molar-refractivity contribution in [1.29, 1.82) is 0 Å². The molecule has 0 saturated heterocycles. The number of benzene rings is 2. The maximum absolute atomic E-state index is 10.8. The highest BCUT2D eigenvalue weighted by Gasteiger charge is 2.03. The molecule has 2 rings (SSSR count). The molecular weight excluding hydrogens is 223 g/mol. The normalized spacial score (nSPS) is 11.3. The largest absolute Gasteiger partial charge is 0.478 e. The van der Waals surface area contributed by atoms with Crippen LogP contribution in [-0.4, -0.2) is 18.2 Å². The lowest BCUT2D eigenvalue weighted by atomic mass is 10.1. The van der Waals surface area contributed by atoms with Gasteiger partial charge in [0.1, 0.15) is 0 Å². The number of carboxylic acid groups (broad SMARTS) is 1. The number of fused-ring (bicyclic) bond motifs is 1. The van der Waals surface area contributed by atoms with Gasteiger partial charge >= 0.3 is 5.97 Å². The van der Waals surface area contributed by atoms with Crippen molar-refractivity contribution in [1.82, 2.24) is 0 Å².